The number of carbonyl (C=O) groups is 3. The topological polar surface area (TPSA) is 86.7 Å². The standard InChI is InChI=1S/C12H20N2O4S/c1-4-9(15)14-6-19-5-8(14)11(16)13-10(7(2)3)12(17)18/h7-8,10H,4-6H2,1-3H3,(H,13,16)(H,17,18)/t8?,10-/m0/s1. The van der Waals surface area contributed by atoms with Crippen molar-refractivity contribution >= 4 is 29.5 Å². The van der Waals surface area contributed by atoms with E-state index in [1.807, 2.05) is 0 Å². The summed E-state index contributed by atoms with van der Waals surface area (Å²) in [5.74, 6) is -0.714. The number of nitrogens with one attached hydrogen (secondary N) is 1. The van der Waals surface area contributed by atoms with Crippen LogP contribution in [0.15, 0.2) is 0 Å². The fraction of sp³-hybridized carbons (Fsp3) is 0.750. The predicted molar refractivity (Wildman–Crippen MR) is 72.7 cm³/mol. The van der Waals surface area contributed by atoms with Gasteiger partial charge < -0.3 is 15.3 Å². The van der Waals surface area contributed by atoms with Crippen molar-refractivity contribution in [1.82, 2.24) is 10.2 Å². The van der Waals surface area contributed by atoms with Gasteiger partial charge in [0, 0.05) is 12.2 Å². The molecule has 0 spiro atoms. The van der Waals surface area contributed by atoms with Gasteiger partial charge in [-0.3, -0.25) is 9.59 Å². The van der Waals surface area contributed by atoms with Crippen molar-refractivity contribution in [2.24, 2.45) is 5.92 Å². The van der Waals surface area contributed by atoms with Gasteiger partial charge in [0.15, 0.2) is 0 Å². The second kappa shape index (κ2) is 6.79. The number of amides is 2. The van der Waals surface area contributed by atoms with Crippen LogP contribution < -0.4 is 5.32 Å². The highest BCUT2D eigenvalue weighted by atomic mass is 32.2. The van der Waals surface area contributed by atoms with Gasteiger partial charge in [-0.1, -0.05) is 20.8 Å². The molecule has 2 amide bonds. The Labute approximate surface area is 116 Å². The minimum Gasteiger partial charge on any atom is -0.480 e. The van der Waals surface area contributed by atoms with E-state index in [0.717, 1.165) is 0 Å². The van der Waals surface area contributed by atoms with E-state index in [1.54, 1.807) is 20.8 Å². The number of nitrogens with zero attached hydrogens (tertiary/aromatic N) is 1. The molecule has 19 heavy (non-hydrogen) atoms. The number of aliphatic carboxylic acids is 1. The van der Waals surface area contributed by atoms with Gasteiger partial charge in [0.2, 0.25) is 11.8 Å². The summed E-state index contributed by atoms with van der Waals surface area (Å²) < 4.78 is 0. The Hall–Kier alpha value is -1.24. The van der Waals surface area contributed by atoms with E-state index in [1.165, 1.54) is 16.7 Å². The number of carboxylic acid groups (broad SMARTS) is 1. The maximum Gasteiger partial charge on any atom is 0.326 e. The first-order valence-corrected chi connectivity index (χ1v) is 7.44. The molecule has 7 heteroatoms. The van der Waals surface area contributed by atoms with Crippen molar-refractivity contribution in [2.75, 3.05) is 11.6 Å². The van der Waals surface area contributed by atoms with Gasteiger partial charge in [-0.2, -0.15) is 0 Å². The molecule has 2 N–H and O–H groups in total. The quantitative estimate of drug-likeness (QED) is 0.770. The SMILES string of the molecule is CCC(=O)N1CSCC1C(=O)N[C@H](C(=O)O)C(C)C. The van der Waals surface area contributed by atoms with Crippen LogP contribution in [0.2, 0.25) is 0 Å². The highest BCUT2D eigenvalue weighted by Gasteiger charge is 2.36. The zero-order chi connectivity index (χ0) is 14.6. The molecule has 1 heterocycles. The summed E-state index contributed by atoms with van der Waals surface area (Å²) >= 11 is 1.50. The van der Waals surface area contributed by atoms with Crippen molar-refractivity contribution in [1.29, 1.82) is 0 Å². The number of hydrogen-bond donors (Lipinski definition) is 2. The summed E-state index contributed by atoms with van der Waals surface area (Å²) in [7, 11) is 0. The monoisotopic (exact) mass is 288 g/mol. The lowest BCUT2D eigenvalue weighted by molar-refractivity contribution is -0.144. The van der Waals surface area contributed by atoms with Crippen molar-refractivity contribution in [2.45, 2.75) is 39.3 Å². The van der Waals surface area contributed by atoms with E-state index in [0.29, 0.717) is 18.1 Å². The molecule has 6 nitrogen and oxygen atoms in total. The van der Waals surface area contributed by atoms with Crippen LogP contribution >= 0.6 is 11.8 Å². The van der Waals surface area contributed by atoms with Gasteiger partial charge in [0.05, 0.1) is 5.88 Å². The lowest BCUT2D eigenvalue weighted by atomic mass is 10.0. The summed E-state index contributed by atoms with van der Waals surface area (Å²) in [6, 6.07) is -1.48. The minimum absolute atomic E-state index is 0.0819. The Morgan fingerprint density at radius 3 is 2.53 bits per heavy atom. The van der Waals surface area contributed by atoms with E-state index in [2.05, 4.69) is 5.32 Å². The zero-order valence-electron chi connectivity index (χ0n) is 11.4. The molecule has 2 atom stereocenters. The summed E-state index contributed by atoms with van der Waals surface area (Å²) in [6.45, 7) is 5.21. The van der Waals surface area contributed by atoms with E-state index >= 15 is 0 Å². The van der Waals surface area contributed by atoms with E-state index in [9.17, 15) is 14.4 Å². The summed E-state index contributed by atoms with van der Waals surface area (Å²) in [6.07, 6.45) is 0.344. The molecular weight excluding hydrogens is 268 g/mol. The average Bonchev–Trinajstić information content (AvgIpc) is 2.82. The molecule has 1 saturated heterocycles. The first-order chi connectivity index (χ1) is 8.88. The molecule has 0 aliphatic carbocycles. The Kier molecular flexibility index (Phi) is 5.65. The van der Waals surface area contributed by atoms with Crippen LogP contribution in [0.25, 0.3) is 0 Å². The van der Waals surface area contributed by atoms with Crippen LogP contribution in [0.5, 0.6) is 0 Å². The first-order valence-electron chi connectivity index (χ1n) is 6.28. The van der Waals surface area contributed by atoms with Crippen LogP contribution in [0.1, 0.15) is 27.2 Å². The van der Waals surface area contributed by atoms with Crippen molar-refractivity contribution in [3.63, 3.8) is 0 Å². The van der Waals surface area contributed by atoms with E-state index < -0.39 is 18.1 Å². The maximum absolute atomic E-state index is 12.1. The molecule has 0 aromatic rings. The lowest BCUT2D eigenvalue weighted by Gasteiger charge is -2.25. The van der Waals surface area contributed by atoms with Crippen molar-refractivity contribution in [3.8, 4) is 0 Å². The van der Waals surface area contributed by atoms with E-state index in [-0.39, 0.29) is 17.7 Å². The number of hydrogen-bond acceptors (Lipinski definition) is 4. The normalized spacial score (nSPS) is 20.4. The Balaban J connectivity index is 2.71. The lowest BCUT2D eigenvalue weighted by Crippen LogP contribution is -2.53. The molecule has 1 unspecified atom stereocenters. The highest BCUT2D eigenvalue weighted by Crippen LogP contribution is 2.22. The number of thioether (sulfide) groups is 1. The van der Waals surface area contributed by atoms with E-state index in [4.69, 9.17) is 5.11 Å². The first kappa shape index (κ1) is 15.8. The molecule has 1 fully saturated rings. The molecule has 0 aromatic carbocycles. The fourth-order valence-corrected chi connectivity index (χ4v) is 3.05. The Morgan fingerprint density at radius 2 is 2.05 bits per heavy atom. The number of rotatable bonds is 5. The summed E-state index contributed by atoms with van der Waals surface area (Å²) in [4.78, 5) is 36.4. The third-order valence-corrected chi connectivity index (χ3v) is 4.05. The van der Waals surface area contributed by atoms with Gasteiger partial charge in [-0.15, -0.1) is 11.8 Å². The van der Waals surface area contributed by atoms with Crippen LogP contribution in [-0.2, 0) is 14.4 Å². The largest absolute Gasteiger partial charge is 0.480 e. The summed E-state index contributed by atoms with van der Waals surface area (Å²) in [5.41, 5.74) is 0. The molecule has 0 radical (unpaired) electrons. The Morgan fingerprint density at radius 1 is 1.42 bits per heavy atom. The molecule has 1 aliphatic heterocycles. The zero-order valence-corrected chi connectivity index (χ0v) is 12.2. The summed E-state index contributed by atoms with van der Waals surface area (Å²) in [5, 5.41) is 11.6. The number of carboxylic acids is 1. The third-order valence-electron chi connectivity index (χ3n) is 3.04. The molecule has 0 bridgehead atoms. The van der Waals surface area contributed by atoms with Gasteiger partial charge in [-0.05, 0) is 5.92 Å². The van der Waals surface area contributed by atoms with Crippen LogP contribution in [0, 0.1) is 5.92 Å². The molecular formula is C12H20N2O4S. The Bertz CT molecular complexity index is 373. The maximum atomic E-state index is 12.1. The molecule has 0 saturated carbocycles. The second-order valence-corrected chi connectivity index (χ2v) is 5.80. The van der Waals surface area contributed by atoms with Crippen LogP contribution in [0.3, 0.4) is 0 Å². The smallest absolute Gasteiger partial charge is 0.326 e. The second-order valence-electron chi connectivity index (χ2n) is 4.80. The predicted octanol–water partition coefficient (Wildman–Crippen LogP) is 0.523. The average molecular weight is 288 g/mol. The van der Waals surface area contributed by atoms with Gasteiger partial charge in [0.25, 0.3) is 0 Å². The molecule has 1 rings (SSSR count). The molecule has 1 aliphatic rings. The van der Waals surface area contributed by atoms with Crippen LogP contribution in [-0.4, -0.2) is 51.5 Å². The number of carbonyl (C=O) groups excluding carboxylic acids is 2. The van der Waals surface area contributed by atoms with Gasteiger partial charge in [0.1, 0.15) is 12.1 Å². The molecule has 108 valence electrons. The van der Waals surface area contributed by atoms with Crippen LogP contribution in [0.4, 0.5) is 0 Å². The molecule has 0 aromatic heterocycles. The fourth-order valence-electron chi connectivity index (χ4n) is 1.87. The highest BCUT2D eigenvalue weighted by molar-refractivity contribution is 7.99. The van der Waals surface area contributed by atoms with Gasteiger partial charge in [-0.25, -0.2) is 4.79 Å². The van der Waals surface area contributed by atoms with Crippen molar-refractivity contribution in [3.05, 3.63) is 0 Å². The van der Waals surface area contributed by atoms with Gasteiger partial charge >= 0.3 is 5.97 Å². The third kappa shape index (κ3) is 3.86. The van der Waals surface area contributed by atoms with Crippen molar-refractivity contribution < 1.29 is 19.5 Å². The minimum atomic E-state index is -1.05.